The van der Waals surface area contributed by atoms with Crippen molar-refractivity contribution in [2.24, 2.45) is 0 Å². The lowest BCUT2D eigenvalue weighted by molar-refractivity contribution is -0.104. The Balaban J connectivity index is 0.000000279. The number of ether oxygens (including phenoxy) is 1. The molecule has 1 aliphatic heterocycles. The molecule has 0 saturated carbocycles. The van der Waals surface area contributed by atoms with E-state index in [4.69, 9.17) is 4.74 Å². The van der Waals surface area contributed by atoms with E-state index in [2.05, 4.69) is 39.8 Å². The van der Waals surface area contributed by atoms with Gasteiger partial charge in [0.15, 0.2) is 17.8 Å². The summed E-state index contributed by atoms with van der Waals surface area (Å²) in [5.74, 6) is -2.19. The van der Waals surface area contributed by atoms with E-state index in [1.165, 1.54) is 49.8 Å². The number of allylic oxidation sites excluding steroid dienone is 4. The third-order valence-electron chi connectivity index (χ3n) is 4.18. The van der Waals surface area contributed by atoms with E-state index < -0.39 is 17.3 Å². The van der Waals surface area contributed by atoms with E-state index >= 15 is 0 Å². The smallest absolute Gasteiger partial charge is 0.209 e. The molecular formula is C22H32O5. The highest BCUT2D eigenvalue weighted by Crippen LogP contribution is 2.44. The van der Waals surface area contributed by atoms with Gasteiger partial charge in [0.05, 0.1) is 0 Å². The Morgan fingerprint density at radius 1 is 1.22 bits per heavy atom. The van der Waals surface area contributed by atoms with Gasteiger partial charge in [-0.05, 0) is 46.1 Å². The summed E-state index contributed by atoms with van der Waals surface area (Å²) in [6.45, 7) is 10.2. The molecule has 0 amide bonds. The first kappa shape index (κ1) is 22.8. The van der Waals surface area contributed by atoms with Gasteiger partial charge in [0.1, 0.15) is 11.3 Å². The Bertz CT molecular complexity index is 710. The fourth-order valence-electron chi connectivity index (χ4n) is 2.77. The van der Waals surface area contributed by atoms with Gasteiger partial charge in [-0.25, -0.2) is 0 Å². The highest BCUT2D eigenvalue weighted by molar-refractivity contribution is 5.86. The molecule has 1 aromatic rings. The maximum atomic E-state index is 10.7. The van der Waals surface area contributed by atoms with Crippen molar-refractivity contribution in [3.05, 3.63) is 40.5 Å². The van der Waals surface area contributed by atoms with E-state index in [1.807, 2.05) is 0 Å². The third-order valence-corrected chi connectivity index (χ3v) is 4.18. The third kappa shape index (κ3) is 7.10. The molecule has 1 aromatic carbocycles. The number of rotatable bonds is 6. The van der Waals surface area contributed by atoms with Crippen LogP contribution in [0.1, 0.15) is 76.2 Å². The van der Waals surface area contributed by atoms with Crippen molar-refractivity contribution < 1.29 is 24.9 Å². The Kier molecular flexibility index (Phi) is 8.57. The number of unbranched alkanes of at least 4 members (excludes halogenated alkanes) is 1. The van der Waals surface area contributed by atoms with Crippen molar-refractivity contribution in [2.75, 3.05) is 0 Å². The van der Waals surface area contributed by atoms with E-state index in [0.29, 0.717) is 11.8 Å². The van der Waals surface area contributed by atoms with E-state index in [-0.39, 0.29) is 17.7 Å². The van der Waals surface area contributed by atoms with Gasteiger partial charge in [0.25, 0.3) is 0 Å². The molecule has 1 atom stereocenters. The number of phenolic OH excluding ortho intramolecular Hbond substituents is 2. The Morgan fingerprint density at radius 2 is 1.89 bits per heavy atom. The second kappa shape index (κ2) is 10.2. The van der Waals surface area contributed by atoms with Crippen LogP contribution in [0.15, 0.2) is 29.4 Å². The van der Waals surface area contributed by atoms with Crippen molar-refractivity contribution in [3.63, 3.8) is 0 Å². The molecule has 1 aliphatic rings. The average Bonchev–Trinajstić information content (AvgIpc) is 2.88. The van der Waals surface area contributed by atoms with E-state index in [9.17, 15) is 20.1 Å². The second-order valence-corrected chi connectivity index (χ2v) is 7.38. The molecule has 0 aliphatic carbocycles. The Hall–Kier alpha value is -2.27. The van der Waals surface area contributed by atoms with Crippen LogP contribution in [-0.2, 0) is 6.42 Å². The second-order valence-electron chi connectivity index (χ2n) is 7.38. The minimum Gasteiger partial charge on any atom is -0.504 e. The molecule has 0 saturated heterocycles. The van der Waals surface area contributed by atoms with Crippen molar-refractivity contribution in [3.8, 4) is 17.2 Å². The summed E-state index contributed by atoms with van der Waals surface area (Å²) in [5.41, 5.74) is 3.33. The summed E-state index contributed by atoms with van der Waals surface area (Å²) >= 11 is 0. The topological polar surface area (TPSA) is 87.0 Å². The maximum Gasteiger partial charge on any atom is 0.209 e. The van der Waals surface area contributed by atoms with Crippen molar-refractivity contribution in [2.45, 2.75) is 72.5 Å². The summed E-state index contributed by atoms with van der Waals surface area (Å²) < 4.78 is 5.11. The molecule has 3 N–H and O–H groups in total. The van der Waals surface area contributed by atoms with Gasteiger partial charge in [0, 0.05) is 18.9 Å². The van der Waals surface area contributed by atoms with Crippen LogP contribution in [0.4, 0.5) is 0 Å². The number of phenols is 2. The molecule has 0 aromatic heterocycles. The van der Waals surface area contributed by atoms with E-state index in [0.717, 1.165) is 0 Å². The van der Waals surface area contributed by atoms with Gasteiger partial charge in [-0.15, -0.1) is 0 Å². The molecule has 5 heteroatoms. The van der Waals surface area contributed by atoms with Crippen molar-refractivity contribution in [1.82, 2.24) is 0 Å². The molecule has 0 radical (unpaired) electrons. The molecule has 150 valence electrons. The predicted molar refractivity (Wildman–Crippen MR) is 107 cm³/mol. The zero-order valence-corrected chi connectivity index (χ0v) is 17.0. The van der Waals surface area contributed by atoms with Crippen LogP contribution in [0.25, 0.3) is 0 Å². The minimum atomic E-state index is -1.40. The van der Waals surface area contributed by atoms with Crippen LogP contribution in [0.3, 0.4) is 0 Å². The fourth-order valence-corrected chi connectivity index (χ4v) is 2.77. The number of benzene rings is 1. The van der Waals surface area contributed by atoms with Gasteiger partial charge >= 0.3 is 0 Å². The number of hydrogen-bond donors (Lipinski definition) is 3. The Labute approximate surface area is 162 Å². The highest BCUT2D eigenvalue weighted by Gasteiger charge is 2.36. The Morgan fingerprint density at radius 3 is 2.44 bits per heavy atom. The van der Waals surface area contributed by atoms with Gasteiger partial charge in [0.2, 0.25) is 5.79 Å². The normalized spacial score (nSPS) is 18.1. The number of carbonyl (C=O) groups excluding carboxylic acids is 1. The monoisotopic (exact) mass is 376 g/mol. The lowest BCUT2D eigenvalue weighted by Crippen LogP contribution is -2.29. The standard InChI is InChI=1S/C12H22.C10H10O5/c1-5-6-9-12(4)10-7-8-11(2)3;1-10(14)3-5-2-7(12)8(13)6(4-11)9(5)15-10/h8-9H,5-7,10H2,1-4H3;2,4,12-14H,3H2,1H3/b12-9+;. The van der Waals surface area contributed by atoms with Crippen LogP contribution in [-0.4, -0.2) is 27.4 Å². The molecule has 2 rings (SSSR count). The largest absolute Gasteiger partial charge is 0.504 e. The van der Waals surface area contributed by atoms with Crippen LogP contribution < -0.4 is 4.74 Å². The van der Waals surface area contributed by atoms with Gasteiger partial charge in [-0.2, -0.15) is 0 Å². The molecule has 0 spiro atoms. The van der Waals surface area contributed by atoms with Crippen LogP contribution in [0, 0.1) is 0 Å². The summed E-state index contributed by atoms with van der Waals surface area (Å²) in [7, 11) is 0. The number of aromatic hydroxyl groups is 2. The molecule has 0 bridgehead atoms. The number of fused-ring (bicyclic) bond motifs is 1. The molecular weight excluding hydrogens is 344 g/mol. The summed E-state index contributed by atoms with van der Waals surface area (Å²) in [6.07, 6.45) is 10.1. The first-order valence-corrected chi connectivity index (χ1v) is 9.34. The molecule has 5 nitrogen and oxygen atoms in total. The summed E-state index contributed by atoms with van der Waals surface area (Å²) in [5, 5.41) is 28.3. The molecule has 1 heterocycles. The first-order chi connectivity index (χ1) is 12.6. The van der Waals surface area contributed by atoms with Crippen molar-refractivity contribution >= 4 is 6.29 Å². The van der Waals surface area contributed by atoms with Crippen molar-refractivity contribution in [1.29, 1.82) is 0 Å². The number of aliphatic hydroxyl groups is 1. The van der Waals surface area contributed by atoms with Gasteiger partial charge in [-0.3, -0.25) is 4.79 Å². The summed E-state index contributed by atoms with van der Waals surface area (Å²) in [4.78, 5) is 10.7. The average molecular weight is 376 g/mol. The van der Waals surface area contributed by atoms with Crippen LogP contribution in [0.2, 0.25) is 0 Å². The minimum absolute atomic E-state index is 0.130. The van der Waals surface area contributed by atoms with Gasteiger partial charge in [-0.1, -0.05) is 36.6 Å². The lowest BCUT2D eigenvalue weighted by Gasteiger charge is -2.15. The molecule has 27 heavy (non-hydrogen) atoms. The number of carbonyl (C=O) groups is 1. The van der Waals surface area contributed by atoms with Crippen LogP contribution >= 0.6 is 0 Å². The van der Waals surface area contributed by atoms with E-state index in [1.54, 1.807) is 0 Å². The number of hydrogen-bond acceptors (Lipinski definition) is 5. The van der Waals surface area contributed by atoms with Gasteiger partial charge < -0.3 is 20.1 Å². The zero-order chi connectivity index (χ0) is 20.6. The quantitative estimate of drug-likeness (QED) is 0.368. The number of aldehydes is 1. The first-order valence-electron chi connectivity index (χ1n) is 9.34. The predicted octanol–water partition coefficient (Wildman–Crippen LogP) is 5.03. The highest BCUT2D eigenvalue weighted by atomic mass is 16.6. The SMILES string of the molecule is CC1(O)Cc2cc(O)c(O)c(C=O)c2O1.CCC/C=C(\C)CCC=C(C)C. The fraction of sp³-hybridized carbons (Fsp3) is 0.500. The molecule has 1 unspecified atom stereocenters. The summed E-state index contributed by atoms with van der Waals surface area (Å²) in [6, 6.07) is 1.28. The lowest BCUT2D eigenvalue weighted by atomic mass is 10.0. The molecule has 0 fully saturated rings. The maximum absolute atomic E-state index is 10.7. The zero-order valence-electron chi connectivity index (χ0n) is 17.0. The van der Waals surface area contributed by atoms with Crippen LogP contribution in [0.5, 0.6) is 17.2 Å².